The summed E-state index contributed by atoms with van der Waals surface area (Å²) in [5.74, 6) is 1.69. The van der Waals surface area contributed by atoms with Crippen LogP contribution >= 0.6 is 11.8 Å². The van der Waals surface area contributed by atoms with Crippen molar-refractivity contribution < 1.29 is 13.2 Å². The maximum atomic E-state index is 12.6. The van der Waals surface area contributed by atoms with Gasteiger partial charge in [-0.15, -0.1) is 0 Å². The molecule has 2 heterocycles. The molecule has 0 N–H and O–H groups in total. The molecular weight excluding hydrogens is 380 g/mol. The van der Waals surface area contributed by atoms with Gasteiger partial charge in [-0.05, 0) is 36.7 Å². The molecule has 1 aromatic rings. The molecule has 4 aliphatic rings. The van der Waals surface area contributed by atoms with Crippen LogP contribution in [0.1, 0.15) is 31.2 Å². The van der Waals surface area contributed by atoms with E-state index in [1.807, 2.05) is 30.3 Å². The minimum absolute atomic E-state index is 0.00683. The first-order chi connectivity index (χ1) is 13.0. The number of rotatable bonds is 3. The molecule has 27 heavy (non-hydrogen) atoms. The molecule has 5 atom stereocenters. The smallest absolute Gasteiger partial charge is 0.252 e. The van der Waals surface area contributed by atoms with E-state index in [1.165, 1.54) is 31.0 Å². The molecule has 2 saturated carbocycles. The summed E-state index contributed by atoms with van der Waals surface area (Å²) in [7, 11) is -2.98. The molecule has 5 rings (SSSR count). The molecular formula is C20H24N2O3S2. The number of carbonyl (C=O) groups excluding carboxylic acids is 1. The number of carbonyl (C=O) groups is 1. The monoisotopic (exact) mass is 404 g/mol. The highest BCUT2D eigenvalue weighted by molar-refractivity contribution is 8.15. The third-order valence-corrected chi connectivity index (χ3v) is 9.81. The van der Waals surface area contributed by atoms with Gasteiger partial charge >= 0.3 is 0 Å². The second-order valence-corrected chi connectivity index (χ2v) is 11.8. The number of amides is 1. The summed E-state index contributed by atoms with van der Waals surface area (Å²) in [6, 6.07) is 10.0. The third kappa shape index (κ3) is 3.33. The summed E-state index contributed by atoms with van der Waals surface area (Å²) in [6.07, 6.45) is 5.20. The lowest BCUT2D eigenvalue weighted by molar-refractivity contribution is -0.117. The number of benzene rings is 1. The molecule has 0 spiro atoms. The highest BCUT2D eigenvalue weighted by Gasteiger charge is 2.54. The molecule has 2 saturated heterocycles. The van der Waals surface area contributed by atoms with Crippen LogP contribution in [0.5, 0.6) is 0 Å². The molecule has 0 unspecified atom stereocenters. The Morgan fingerprint density at radius 1 is 1.11 bits per heavy atom. The first-order valence-corrected chi connectivity index (χ1v) is 12.5. The van der Waals surface area contributed by atoms with Gasteiger partial charge in [0, 0.05) is 11.3 Å². The number of fused-ring (bicyclic) bond motifs is 3. The van der Waals surface area contributed by atoms with Crippen molar-refractivity contribution in [2.75, 3.05) is 11.5 Å². The molecule has 2 aliphatic carbocycles. The van der Waals surface area contributed by atoms with Gasteiger partial charge < -0.3 is 4.90 Å². The zero-order valence-corrected chi connectivity index (χ0v) is 16.8. The Bertz CT molecular complexity index is 884. The molecule has 0 radical (unpaired) electrons. The van der Waals surface area contributed by atoms with Crippen molar-refractivity contribution in [1.82, 2.24) is 4.90 Å². The highest BCUT2D eigenvalue weighted by atomic mass is 32.2. The lowest BCUT2D eigenvalue weighted by Gasteiger charge is -2.36. The lowest BCUT2D eigenvalue weighted by Crippen LogP contribution is -2.47. The minimum atomic E-state index is -2.98. The fourth-order valence-corrected chi connectivity index (χ4v) is 9.44. The molecule has 1 amide bonds. The Labute approximate surface area is 164 Å². The van der Waals surface area contributed by atoms with Gasteiger partial charge in [0.1, 0.15) is 0 Å². The number of amidine groups is 1. The first-order valence-electron chi connectivity index (χ1n) is 9.79. The van der Waals surface area contributed by atoms with E-state index in [0.717, 1.165) is 23.1 Å². The summed E-state index contributed by atoms with van der Waals surface area (Å²) in [5.41, 5.74) is 0.962. The van der Waals surface area contributed by atoms with Gasteiger partial charge in [-0.3, -0.25) is 4.79 Å². The van der Waals surface area contributed by atoms with Crippen molar-refractivity contribution in [3.05, 3.63) is 35.9 Å². The van der Waals surface area contributed by atoms with Gasteiger partial charge in [0.2, 0.25) is 0 Å². The van der Waals surface area contributed by atoms with Gasteiger partial charge in [-0.1, -0.05) is 48.5 Å². The third-order valence-electron chi connectivity index (χ3n) is 6.58. The van der Waals surface area contributed by atoms with Crippen molar-refractivity contribution >= 4 is 32.7 Å². The maximum absolute atomic E-state index is 12.6. The summed E-state index contributed by atoms with van der Waals surface area (Å²) in [4.78, 5) is 19.3. The predicted octanol–water partition coefficient (Wildman–Crippen LogP) is 2.51. The van der Waals surface area contributed by atoms with E-state index < -0.39 is 9.84 Å². The van der Waals surface area contributed by atoms with Crippen LogP contribution in [0.25, 0.3) is 0 Å². The highest BCUT2D eigenvalue weighted by Crippen LogP contribution is 2.51. The average molecular weight is 405 g/mol. The van der Waals surface area contributed by atoms with Crippen molar-refractivity contribution in [1.29, 1.82) is 0 Å². The van der Waals surface area contributed by atoms with Gasteiger partial charge in [0.15, 0.2) is 15.0 Å². The van der Waals surface area contributed by atoms with Crippen LogP contribution < -0.4 is 0 Å². The number of hydrogen-bond acceptors (Lipinski definition) is 4. The van der Waals surface area contributed by atoms with Crippen LogP contribution in [0.4, 0.5) is 0 Å². The minimum Gasteiger partial charge on any atom is -0.343 e. The first kappa shape index (κ1) is 17.7. The Kier molecular flexibility index (Phi) is 4.35. The quantitative estimate of drug-likeness (QED) is 0.774. The fraction of sp³-hybridized carbons (Fsp3) is 0.600. The molecule has 5 nitrogen and oxygen atoms in total. The summed E-state index contributed by atoms with van der Waals surface area (Å²) >= 11 is 1.52. The van der Waals surface area contributed by atoms with Crippen LogP contribution in [0.3, 0.4) is 0 Å². The van der Waals surface area contributed by atoms with Crippen molar-refractivity contribution in [3.63, 3.8) is 0 Å². The van der Waals surface area contributed by atoms with Gasteiger partial charge in [0.05, 0.1) is 24.0 Å². The Balaban J connectivity index is 1.41. The average Bonchev–Trinajstić information content (AvgIpc) is 3.35. The van der Waals surface area contributed by atoms with Crippen LogP contribution in [0.2, 0.25) is 0 Å². The van der Waals surface area contributed by atoms with E-state index in [-0.39, 0.29) is 28.7 Å². The van der Waals surface area contributed by atoms with E-state index >= 15 is 0 Å². The fourth-order valence-electron chi connectivity index (χ4n) is 5.45. The molecule has 144 valence electrons. The summed E-state index contributed by atoms with van der Waals surface area (Å²) < 4.78 is 24.4. The number of sulfone groups is 1. The van der Waals surface area contributed by atoms with Gasteiger partial charge in [0.25, 0.3) is 5.91 Å². The second-order valence-electron chi connectivity index (χ2n) is 8.40. The number of nitrogens with zero attached hydrogens (tertiary/aromatic N) is 2. The molecule has 2 bridgehead atoms. The number of thioether (sulfide) groups is 1. The van der Waals surface area contributed by atoms with Crippen molar-refractivity contribution in [2.45, 2.75) is 49.4 Å². The molecule has 0 aromatic heterocycles. The maximum Gasteiger partial charge on any atom is 0.252 e. The van der Waals surface area contributed by atoms with E-state index in [0.29, 0.717) is 18.4 Å². The second kappa shape index (κ2) is 6.62. The predicted molar refractivity (Wildman–Crippen MR) is 107 cm³/mol. The molecule has 7 heteroatoms. The van der Waals surface area contributed by atoms with E-state index in [2.05, 4.69) is 9.89 Å². The Morgan fingerprint density at radius 2 is 1.93 bits per heavy atom. The number of hydrogen-bond donors (Lipinski definition) is 0. The summed E-state index contributed by atoms with van der Waals surface area (Å²) in [5, 5.41) is 0.802. The zero-order chi connectivity index (χ0) is 18.6. The Hall–Kier alpha value is -1.34. The SMILES string of the molecule is O=C(Cc1ccccc1)N=C1S[C@@H]2CS(=O)(=O)C[C@H]2N1[C@@H]1C[C@@H]2CC[C@@H]1C2. The van der Waals surface area contributed by atoms with Crippen molar-refractivity contribution in [2.24, 2.45) is 16.8 Å². The lowest BCUT2D eigenvalue weighted by atomic mass is 9.93. The van der Waals surface area contributed by atoms with E-state index in [9.17, 15) is 13.2 Å². The van der Waals surface area contributed by atoms with Crippen LogP contribution in [-0.4, -0.2) is 53.2 Å². The molecule has 4 fully saturated rings. The van der Waals surface area contributed by atoms with Gasteiger partial charge in [-0.25, -0.2) is 8.42 Å². The van der Waals surface area contributed by atoms with Crippen molar-refractivity contribution in [3.8, 4) is 0 Å². The number of aliphatic imine (C=N–C) groups is 1. The van der Waals surface area contributed by atoms with Gasteiger partial charge in [-0.2, -0.15) is 4.99 Å². The topological polar surface area (TPSA) is 66.8 Å². The molecule has 1 aromatic carbocycles. The van der Waals surface area contributed by atoms with Crippen LogP contribution in [0, 0.1) is 11.8 Å². The normalized spacial score (nSPS) is 37.9. The van der Waals surface area contributed by atoms with Crippen LogP contribution in [-0.2, 0) is 21.1 Å². The van der Waals surface area contributed by atoms with E-state index in [4.69, 9.17) is 0 Å². The Morgan fingerprint density at radius 3 is 2.63 bits per heavy atom. The van der Waals surface area contributed by atoms with Crippen LogP contribution in [0.15, 0.2) is 35.3 Å². The molecule has 2 aliphatic heterocycles. The standard InChI is InChI=1S/C20H24N2O3S2/c23-19(10-13-4-2-1-3-5-13)21-20-22(16-9-14-6-7-15(16)8-14)17-11-27(24,25)12-18(17)26-20/h1-5,14-18H,6-12H2/t14-,15-,16-,17-,18-/m1/s1. The summed E-state index contributed by atoms with van der Waals surface area (Å²) in [6.45, 7) is 0. The van der Waals surface area contributed by atoms with E-state index in [1.54, 1.807) is 0 Å². The largest absolute Gasteiger partial charge is 0.343 e. The zero-order valence-electron chi connectivity index (χ0n) is 15.2.